The molecule has 1 fully saturated rings. The van der Waals surface area contributed by atoms with Crippen molar-refractivity contribution in [3.05, 3.63) is 36.0 Å². The van der Waals surface area contributed by atoms with Gasteiger partial charge in [-0.15, -0.1) is 0 Å². The maximum Gasteiger partial charge on any atom is 0.227 e. The van der Waals surface area contributed by atoms with Crippen LogP contribution in [-0.4, -0.2) is 40.1 Å². The van der Waals surface area contributed by atoms with Gasteiger partial charge in [-0.3, -0.25) is 4.79 Å². The number of hydrogen-bond acceptors (Lipinski definition) is 2. The van der Waals surface area contributed by atoms with Crippen molar-refractivity contribution in [1.29, 1.82) is 0 Å². The summed E-state index contributed by atoms with van der Waals surface area (Å²) in [4.78, 5) is 17.8. The first kappa shape index (κ1) is 14.1. The molecule has 4 heteroatoms. The first-order valence-electron chi connectivity index (χ1n) is 7.75. The highest BCUT2D eigenvalue weighted by Crippen LogP contribution is 2.26. The Labute approximate surface area is 124 Å². The number of rotatable bonds is 6. The van der Waals surface area contributed by atoms with E-state index in [1.54, 1.807) is 0 Å². The van der Waals surface area contributed by atoms with Gasteiger partial charge in [-0.25, -0.2) is 0 Å². The number of aromatic amines is 1. The normalized spacial score (nSPS) is 15.1. The summed E-state index contributed by atoms with van der Waals surface area (Å²) in [6.07, 6.45) is 6.45. The molecule has 0 atom stereocenters. The standard InChI is InChI=1S/C17H22N2O2/c20-10-4-9-19(14-5-3-6-14)17(21)11-13-12-18-16-8-2-1-7-15(13)16/h1-2,7-8,12,14,18,20H,3-6,9-11H2. The van der Waals surface area contributed by atoms with Crippen LogP contribution in [-0.2, 0) is 11.2 Å². The van der Waals surface area contributed by atoms with Gasteiger partial charge in [-0.2, -0.15) is 0 Å². The second kappa shape index (κ2) is 6.31. The Bertz CT molecular complexity index is 616. The first-order valence-corrected chi connectivity index (χ1v) is 7.75. The fourth-order valence-electron chi connectivity index (χ4n) is 2.99. The zero-order chi connectivity index (χ0) is 14.7. The van der Waals surface area contributed by atoms with Crippen molar-refractivity contribution in [1.82, 2.24) is 9.88 Å². The number of aromatic nitrogens is 1. The van der Waals surface area contributed by atoms with E-state index in [1.165, 1.54) is 6.42 Å². The third kappa shape index (κ3) is 2.95. The zero-order valence-corrected chi connectivity index (χ0v) is 12.2. The van der Waals surface area contributed by atoms with E-state index in [2.05, 4.69) is 11.1 Å². The molecule has 0 radical (unpaired) electrons. The van der Waals surface area contributed by atoms with Crippen LogP contribution in [0.2, 0.25) is 0 Å². The molecule has 0 saturated heterocycles. The van der Waals surface area contributed by atoms with Crippen LogP contribution in [0.5, 0.6) is 0 Å². The van der Waals surface area contributed by atoms with Gasteiger partial charge in [0.2, 0.25) is 5.91 Å². The second-order valence-electron chi connectivity index (χ2n) is 5.79. The summed E-state index contributed by atoms with van der Waals surface area (Å²) in [5.74, 6) is 0.179. The minimum Gasteiger partial charge on any atom is -0.396 e. The van der Waals surface area contributed by atoms with Gasteiger partial charge in [0, 0.05) is 36.3 Å². The lowest BCUT2D eigenvalue weighted by Crippen LogP contribution is -2.45. The predicted octanol–water partition coefficient (Wildman–Crippen LogP) is 2.47. The Hall–Kier alpha value is -1.81. The number of fused-ring (bicyclic) bond motifs is 1. The molecule has 2 N–H and O–H groups in total. The Balaban J connectivity index is 1.73. The molecular weight excluding hydrogens is 264 g/mol. The molecule has 1 aromatic carbocycles. The van der Waals surface area contributed by atoms with Crippen molar-refractivity contribution in [2.75, 3.05) is 13.2 Å². The smallest absolute Gasteiger partial charge is 0.227 e. The number of H-pyrrole nitrogens is 1. The molecular formula is C17H22N2O2. The van der Waals surface area contributed by atoms with Crippen LogP contribution in [0, 0.1) is 0 Å². The van der Waals surface area contributed by atoms with Crippen LogP contribution in [0.25, 0.3) is 10.9 Å². The number of nitrogens with zero attached hydrogens (tertiary/aromatic N) is 1. The minimum atomic E-state index is 0.142. The average molecular weight is 286 g/mol. The Morgan fingerprint density at radius 1 is 1.33 bits per heavy atom. The number of amides is 1. The molecule has 2 aromatic rings. The van der Waals surface area contributed by atoms with Gasteiger partial charge >= 0.3 is 0 Å². The number of para-hydroxylation sites is 1. The van der Waals surface area contributed by atoms with Gasteiger partial charge in [0.25, 0.3) is 0 Å². The Kier molecular flexibility index (Phi) is 4.25. The van der Waals surface area contributed by atoms with E-state index >= 15 is 0 Å². The molecule has 1 aliphatic rings. The molecule has 1 amide bonds. The fraction of sp³-hybridized carbons (Fsp3) is 0.471. The Morgan fingerprint density at radius 3 is 2.86 bits per heavy atom. The highest BCUT2D eigenvalue weighted by Gasteiger charge is 2.28. The maximum atomic E-state index is 12.6. The van der Waals surface area contributed by atoms with E-state index in [0.717, 1.165) is 29.3 Å². The molecule has 0 spiro atoms. The van der Waals surface area contributed by atoms with Crippen molar-refractivity contribution < 1.29 is 9.90 Å². The molecule has 112 valence electrons. The summed E-state index contributed by atoms with van der Waals surface area (Å²) in [5, 5.41) is 10.2. The largest absolute Gasteiger partial charge is 0.396 e. The van der Waals surface area contributed by atoms with Gasteiger partial charge in [0.15, 0.2) is 0 Å². The molecule has 1 heterocycles. The fourth-order valence-corrected chi connectivity index (χ4v) is 2.99. The molecule has 1 saturated carbocycles. The van der Waals surface area contributed by atoms with E-state index in [4.69, 9.17) is 5.11 Å². The van der Waals surface area contributed by atoms with Crippen molar-refractivity contribution >= 4 is 16.8 Å². The monoisotopic (exact) mass is 286 g/mol. The van der Waals surface area contributed by atoms with Gasteiger partial charge < -0.3 is 15.0 Å². The van der Waals surface area contributed by atoms with Crippen LogP contribution in [0.3, 0.4) is 0 Å². The summed E-state index contributed by atoms with van der Waals surface area (Å²) in [6.45, 7) is 0.811. The molecule has 1 aliphatic carbocycles. The highest BCUT2D eigenvalue weighted by atomic mass is 16.3. The van der Waals surface area contributed by atoms with Crippen molar-refractivity contribution in [2.45, 2.75) is 38.1 Å². The number of aliphatic hydroxyl groups excluding tert-OH is 1. The van der Waals surface area contributed by atoms with Gasteiger partial charge in [0.05, 0.1) is 6.42 Å². The predicted molar refractivity (Wildman–Crippen MR) is 83.1 cm³/mol. The lowest BCUT2D eigenvalue weighted by Gasteiger charge is -2.37. The number of carbonyl (C=O) groups is 1. The number of benzene rings is 1. The summed E-state index contributed by atoms with van der Waals surface area (Å²) >= 11 is 0. The summed E-state index contributed by atoms with van der Waals surface area (Å²) < 4.78 is 0. The quantitative estimate of drug-likeness (QED) is 0.857. The van der Waals surface area contributed by atoms with E-state index in [-0.39, 0.29) is 12.5 Å². The molecule has 1 aromatic heterocycles. The zero-order valence-electron chi connectivity index (χ0n) is 12.2. The van der Waals surface area contributed by atoms with E-state index in [0.29, 0.717) is 25.4 Å². The number of aliphatic hydroxyl groups is 1. The third-order valence-electron chi connectivity index (χ3n) is 4.41. The summed E-state index contributed by atoms with van der Waals surface area (Å²) in [6, 6.07) is 8.45. The van der Waals surface area contributed by atoms with E-state index < -0.39 is 0 Å². The summed E-state index contributed by atoms with van der Waals surface area (Å²) in [5.41, 5.74) is 2.13. The van der Waals surface area contributed by atoms with Crippen LogP contribution in [0.15, 0.2) is 30.5 Å². The SMILES string of the molecule is O=C(Cc1c[nH]c2ccccc12)N(CCCO)C1CCC1. The maximum absolute atomic E-state index is 12.6. The topological polar surface area (TPSA) is 56.3 Å². The molecule has 0 bridgehead atoms. The minimum absolute atomic E-state index is 0.142. The highest BCUT2D eigenvalue weighted by molar-refractivity contribution is 5.89. The second-order valence-corrected chi connectivity index (χ2v) is 5.79. The average Bonchev–Trinajstić information content (AvgIpc) is 2.84. The van der Waals surface area contributed by atoms with E-state index in [9.17, 15) is 4.79 Å². The van der Waals surface area contributed by atoms with Crippen molar-refractivity contribution in [3.8, 4) is 0 Å². The van der Waals surface area contributed by atoms with Crippen LogP contribution in [0.1, 0.15) is 31.2 Å². The lowest BCUT2D eigenvalue weighted by molar-refractivity contribution is -0.134. The van der Waals surface area contributed by atoms with Crippen molar-refractivity contribution in [3.63, 3.8) is 0 Å². The summed E-state index contributed by atoms with van der Waals surface area (Å²) in [7, 11) is 0. The molecule has 21 heavy (non-hydrogen) atoms. The molecule has 4 nitrogen and oxygen atoms in total. The van der Waals surface area contributed by atoms with Crippen LogP contribution >= 0.6 is 0 Å². The number of carbonyl (C=O) groups excluding carboxylic acids is 1. The van der Waals surface area contributed by atoms with E-state index in [1.807, 2.05) is 29.3 Å². The third-order valence-corrected chi connectivity index (χ3v) is 4.41. The Morgan fingerprint density at radius 2 is 2.14 bits per heavy atom. The van der Waals surface area contributed by atoms with Crippen molar-refractivity contribution in [2.24, 2.45) is 0 Å². The lowest BCUT2D eigenvalue weighted by atomic mass is 9.91. The van der Waals surface area contributed by atoms with Crippen LogP contribution < -0.4 is 0 Å². The van der Waals surface area contributed by atoms with Crippen LogP contribution in [0.4, 0.5) is 0 Å². The first-order chi connectivity index (χ1) is 10.3. The number of hydrogen-bond donors (Lipinski definition) is 2. The number of nitrogens with one attached hydrogen (secondary N) is 1. The molecule has 0 aliphatic heterocycles. The van der Waals surface area contributed by atoms with Gasteiger partial charge in [-0.05, 0) is 37.3 Å². The molecule has 0 unspecified atom stereocenters. The van der Waals surface area contributed by atoms with Gasteiger partial charge in [0.1, 0.15) is 0 Å². The van der Waals surface area contributed by atoms with Gasteiger partial charge in [-0.1, -0.05) is 18.2 Å². The molecule has 3 rings (SSSR count).